The van der Waals surface area contributed by atoms with Crippen molar-refractivity contribution in [1.29, 1.82) is 0 Å². The van der Waals surface area contributed by atoms with Crippen LogP contribution >= 0.6 is 0 Å². The summed E-state index contributed by atoms with van der Waals surface area (Å²) in [6.45, 7) is 2.31. The molecule has 1 aromatic carbocycles. The number of benzene rings is 1. The summed E-state index contributed by atoms with van der Waals surface area (Å²) in [6.07, 6.45) is 6.04. The molecule has 1 aromatic rings. The lowest BCUT2D eigenvalue weighted by molar-refractivity contribution is -0.148. The zero-order chi connectivity index (χ0) is 17.8. The van der Waals surface area contributed by atoms with Gasteiger partial charge in [-0.3, -0.25) is 4.79 Å². The Morgan fingerprint density at radius 3 is 2.60 bits per heavy atom. The number of likely N-dealkylation sites (tertiary alicyclic amines) is 1. The largest absolute Gasteiger partial charge is 0.493 e. The molecule has 0 radical (unpaired) electrons. The molecule has 1 saturated carbocycles. The molecular formula is C20H25NO4. The number of carbonyl (C=O) groups is 1. The summed E-state index contributed by atoms with van der Waals surface area (Å²) in [5.41, 5.74) is -0.0120. The van der Waals surface area contributed by atoms with E-state index in [9.17, 15) is 9.90 Å². The van der Waals surface area contributed by atoms with Gasteiger partial charge < -0.3 is 19.5 Å². The summed E-state index contributed by atoms with van der Waals surface area (Å²) in [7, 11) is 3.22. The molecule has 2 bridgehead atoms. The third-order valence-corrected chi connectivity index (χ3v) is 6.26. The monoisotopic (exact) mass is 343 g/mol. The first-order chi connectivity index (χ1) is 12.0. The van der Waals surface area contributed by atoms with Gasteiger partial charge in [0.1, 0.15) is 5.72 Å². The van der Waals surface area contributed by atoms with E-state index in [-0.39, 0.29) is 17.7 Å². The summed E-state index contributed by atoms with van der Waals surface area (Å²) in [4.78, 5) is 14.6. The standard InChI is InChI=1S/C20H25NO4/c1-20(23)18-14-6-5-13(11-14)17(18)19(22)21(20)9-8-12-4-7-15(24-2)16(10-12)25-3/h4-7,10,13-14,17-18,23H,8-9,11H2,1-3H3/t13-,14+,17-,18-,20?/m1/s1. The molecule has 1 N–H and O–H groups in total. The predicted molar refractivity (Wildman–Crippen MR) is 93.3 cm³/mol. The van der Waals surface area contributed by atoms with Crippen LogP contribution in [0.3, 0.4) is 0 Å². The van der Waals surface area contributed by atoms with Gasteiger partial charge in [-0.25, -0.2) is 0 Å². The summed E-state index contributed by atoms with van der Waals surface area (Å²) < 4.78 is 10.6. The lowest BCUT2D eigenvalue weighted by atomic mass is 9.80. The van der Waals surface area contributed by atoms with Crippen LogP contribution in [0.2, 0.25) is 0 Å². The maximum absolute atomic E-state index is 12.9. The first-order valence-corrected chi connectivity index (χ1v) is 8.90. The van der Waals surface area contributed by atoms with Crippen molar-refractivity contribution in [3.63, 3.8) is 0 Å². The highest BCUT2D eigenvalue weighted by Gasteiger charge is 2.63. The Balaban J connectivity index is 1.51. The number of hydrogen-bond donors (Lipinski definition) is 1. The van der Waals surface area contributed by atoms with Gasteiger partial charge in [0.2, 0.25) is 5.91 Å². The number of carbonyl (C=O) groups excluding carboxylic acids is 1. The highest BCUT2D eigenvalue weighted by atomic mass is 16.5. The fourth-order valence-corrected chi connectivity index (χ4v) is 5.10. The average Bonchev–Trinajstić information content (AvgIpc) is 3.27. The summed E-state index contributed by atoms with van der Waals surface area (Å²) in [6, 6.07) is 5.78. The molecule has 0 aromatic heterocycles. The number of hydrogen-bond acceptors (Lipinski definition) is 4. The van der Waals surface area contributed by atoms with Crippen LogP contribution in [0, 0.1) is 23.7 Å². The van der Waals surface area contributed by atoms with Crippen molar-refractivity contribution in [2.75, 3.05) is 20.8 Å². The van der Waals surface area contributed by atoms with E-state index in [2.05, 4.69) is 12.2 Å². The highest BCUT2D eigenvalue weighted by molar-refractivity contribution is 5.84. The lowest BCUT2D eigenvalue weighted by Gasteiger charge is -2.36. The molecule has 2 aliphatic carbocycles. The van der Waals surface area contributed by atoms with Gasteiger partial charge >= 0.3 is 0 Å². The maximum Gasteiger partial charge on any atom is 0.229 e. The highest BCUT2D eigenvalue weighted by Crippen LogP contribution is 2.57. The van der Waals surface area contributed by atoms with Crippen molar-refractivity contribution in [3.05, 3.63) is 35.9 Å². The third-order valence-electron chi connectivity index (χ3n) is 6.26. The van der Waals surface area contributed by atoms with Crippen LogP contribution in [-0.4, -0.2) is 42.4 Å². The average molecular weight is 343 g/mol. The van der Waals surface area contributed by atoms with Crippen molar-refractivity contribution in [1.82, 2.24) is 4.90 Å². The van der Waals surface area contributed by atoms with E-state index < -0.39 is 5.72 Å². The van der Waals surface area contributed by atoms with Crippen LogP contribution in [-0.2, 0) is 11.2 Å². The van der Waals surface area contributed by atoms with E-state index >= 15 is 0 Å². The number of allylic oxidation sites excluding steroid dienone is 2. The first-order valence-electron chi connectivity index (χ1n) is 8.90. The molecule has 5 heteroatoms. The van der Waals surface area contributed by atoms with Gasteiger partial charge in [-0.15, -0.1) is 0 Å². The van der Waals surface area contributed by atoms with E-state index in [1.807, 2.05) is 18.2 Å². The van der Waals surface area contributed by atoms with Gasteiger partial charge in [0, 0.05) is 12.5 Å². The number of aliphatic hydroxyl groups is 1. The van der Waals surface area contributed by atoms with Crippen molar-refractivity contribution < 1.29 is 19.4 Å². The van der Waals surface area contributed by atoms with Gasteiger partial charge in [-0.2, -0.15) is 0 Å². The fraction of sp³-hybridized carbons (Fsp3) is 0.550. The second-order valence-electron chi connectivity index (χ2n) is 7.52. The molecule has 134 valence electrons. The van der Waals surface area contributed by atoms with E-state index in [0.29, 0.717) is 36.3 Å². The van der Waals surface area contributed by atoms with Crippen LogP contribution in [0.25, 0.3) is 0 Å². The molecule has 2 fully saturated rings. The maximum atomic E-state index is 12.9. The quantitative estimate of drug-likeness (QED) is 0.833. The topological polar surface area (TPSA) is 59.0 Å². The van der Waals surface area contributed by atoms with E-state index in [0.717, 1.165) is 12.0 Å². The molecule has 5 nitrogen and oxygen atoms in total. The molecule has 3 aliphatic rings. The van der Waals surface area contributed by atoms with E-state index in [1.165, 1.54) is 0 Å². The Hall–Kier alpha value is -2.01. The molecule has 25 heavy (non-hydrogen) atoms. The van der Waals surface area contributed by atoms with E-state index in [4.69, 9.17) is 9.47 Å². The number of nitrogens with zero attached hydrogens (tertiary/aromatic N) is 1. The normalized spacial score (nSPS) is 35.4. The second-order valence-corrected chi connectivity index (χ2v) is 7.52. The molecule has 1 amide bonds. The number of amides is 1. The zero-order valence-electron chi connectivity index (χ0n) is 14.9. The van der Waals surface area contributed by atoms with Crippen LogP contribution in [0.4, 0.5) is 0 Å². The van der Waals surface area contributed by atoms with Crippen molar-refractivity contribution in [2.45, 2.75) is 25.5 Å². The van der Waals surface area contributed by atoms with Crippen LogP contribution in [0.5, 0.6) is 11.5 Å². The number of fused-ring (bicyclic) bond motifs is 5. The van der Waals surface area contributed by atoms with Gasteiger partial charge in [0.05, 0.1) is 20.1 Å². The Morgan fingerprint density at radius 2 is 1.92 bits per heavy atom. The number of ether oxygens (including phenoxy) is 2. The fourth-order valence-electron chi connectivity index (χ4n) is 5.10. The summed E-state index contributed by atoms with van der Waals surface area (Å²) >= 11 is 0. The molecule has 1 heterocycles. The van der Waals surface area contributed by atoms with Crippen molar-refractivity contribution in [3.8, 4) is 11.5 Å². The summed E-state index contributed by atoms with van der Waals surface area (Å²) in [5.74, 6) is 2.09. The minimum atomic E-state index is -1.07. The van der Waals surface area contributed by atoms with Crippen LogP contribution in [0.15, 0.2) is 30.4 Å². The smallest absolute Gasteiger partial charge is 0.229 e. The Labute approximate surface area is 148 Å². The molecule has 4 rings (SSSR count). The zero-order valence-corrected chi connectivity index (χ0v) is 14.9. The number of rotatable bonds is 5. The summed E-state index contributed by atoms with van der Waals surface area (Å²) in [5, 5.41) is 11.1. The second kappa shape index (κ2) is 5.77. The van der Waals surface area contributed by atoms with Gasteiger partial charge in [0.25, 0.3) is 0 Å². The van der Waals surface area contributed by atoms with Gasteiger partial charge in [0.15, 0.2) is 11.5 Å². The van der Waals surface area contributed by atoms with E-state index in [1.54, 1.807) is 26.0 Å². The Kier molecular flexibility index (Phi) is 3.80. The first kappa shape index (κ1) is 16.5. The van der Waals surface area contributed by atoms with Crippen molar-refractivity contribution in [2.24, 2.45) is 23.7 Å². The van der Waals surface area contributed by atoms with Crippen LogP contribution < -0.4 is 9.47 Å². The van der Waals surface area contributed by atoms with Gasteiger partial charge in [-0.05, 0) is 49.3 Å². The lowest BCUT2D eigenvalue weighted by Crippen LogP contribution is -2.48. The minimum Gasteiger partial charge on any atom is -0.493 e. The molecule has 1 saturated heterocycles. The molecule has 5 atom stereocenters. The molecule has 0 spiro atoms. The minimum absolute atomic E-state index is 0.0282. The molecular weight excluding hydrogens is 318 g/mol. The number of methoxy groups -OCH3 is 2. The molecule has 1 aliphatic heterocycles. The van der Waals surface area contributed by atoms with Crippen LogP contribution in [0.1, 0.15) is 18.9 Å². The van der Waals surface area contributed by atoms with Gasteiger partial charge in [-0.1, -0.05) is 18.2 Å². The Morgan fingerprint density at radius 1 is 1.20 bits per heavy atom. The molecule has 1 unspecified atom stereocenters. The van der Waals surface area contributed by atoms with Crippen molar-refractivity contribution >= 4 is 5.91 Å². The third kappa shape index (κ3) is 2.36. The predicted octanol–water partition coefficient (Wildman–Crippen LogP) is 2.24. The SMILES string of the molecule is COc1ccc(CCN2C(=O)[C@H]3[C@@H]([C@H]4C=C[C@@H]3C4)C2(C)O)cc1OC. The Bertz CT molecular complexity index is 726.